The molecule has 180 valence electrons. The van der Waals surface area contributed by atoms with Gasteiger partial charge in [0.15, 0.2) is 0 Å². The summed E-state index contributed by atoms with van der Waals surface area (Å²) in [6.07, 6.45) is 9.40. The van der Waals surface area contributed by atoms with Gasteiger partial charge in [0.2, 0.25) is 0 Å². The zero-order valence-electron chi connectivity index (χ0n) is 20.7. The fraction of sp³-hybridized carbons (Fsp3) is 0.429. The zero-order chi connectivity index (χ0) is 24.2. The van der Waals surface area contributed by atoms with E-state index in [-0.39, 0.29) is 11.1 Å². The van der Waals surface area contributed by atoms with Crippen LogP contribution in [0.4, 0.5) is 5.69 Å². The Bertz CT molecular complexity index is 1390. The van der Waals surface area contributed by atoms with E-state index < -0.39 is 0 Å². The molecule has 2 aliphatic rings. The standard InChI is InChI=1S/C28H33N7/c1-17-9-19-12-27(3,16-28(29,11-17)13-19)34-20-10-25-23(30-14-20)8-7-22(33-25)21-15-31-35-26(21)24-6-4-5-18(2)32-24/h4-8,10,14-15,17,19,34H,9,11-13,16,29H2,1-3H3,(H,31,35)/t17-,19-,27-,28+/m1/s1. The summed E-state index contributed by atoms with van der Waals surface area (Å²) in [4.78, 5) is 14.3. The number of aromatic amines is 1. The third-order valence-corrected chi connectivity index (χ3v) is 7.71. The van der Waals surface area contributed by atoms with Gasteiger partial charge in [-0.05, 0) is 88.1 Å². The zero-order valence-corrected chi connectivity index (χ0v) is 20.7. The fourth-order valence-electron chi connectivity index (χ4n) is 6.90. The lowest BCUT2D eigenvalue weighted by Crippen LogP contribution is -2.58. The number of H-pyrrole nitrogens is 1. The van der Waals surface area contributed by atoms with Crippen LogP contribution < -0.4 is 11.1 Å². The molecular formula is C28H33N7. The lowest BCUT2D eigenvalue weighted by molar-refractivity contribution is 0.0765. The van der Waals surface area contributed by atoms with Crippen molar-refractivity contribution in [2.45, 2.75) is 64.0 Å². The Morgan fingerprint density at radius 1 is 1.03 bits per heavy atom. The number of fused-ring (bicyclic) bond motifs is 3. The van der Waals surface area contributed by atoms with Crippen molar-refractivity contribution in [3.8, 4) is 22.6 Å². The second-order valence-corrected chi connectivity index (χ2v) is 11.3. The van der Waals surface area contributed by atoms with Crippen LogP contribution in [0.1, 0.15) is 51.6 Å². The number of hydrogen-bond acceptors (Lipinski definition) is 6. The van der Waals surface area contributed by atoms with Gasteiger partial charge in [-0.25, -0.2) is 4.98 Å². The molecule has 4 aromatic heterocycles. The first kappa shape index (κ1) is 22.2. The number of nitrogens with two attached hydrogens (primary N) is 1. The molecule has 0 radical (unpaired) electrons. The van der Waals surface area contributed by atoms with E-state index in [0.717, 1.165) is 76.7 Å². The Morgan fingerprint density at radius 3 is 2.74 bits per heavy atom. The van der Waals surface area contributed by atoms with Gasteiger partial charge >= 0.3 is 0 Å². The maximum Gasteiger partial charge on any atom is 0.0928 e. The van der Waals surface area contributed by atoms with Gasteiger partial charge in [-0.15, -0.1) is 0 Å². The Labute approximate surface area is 206 Å². The maximum absolute atomic E-state index is 6.87. The quantitative estimate of drug-likeness (QED) is 0.367. The summed E-state index contributed by atoms with van der Waals surface area (Å²) in [6.45, 7) is 6.65. The largest absolute Gasteiger partial charge is 0.378 e. The van der Waals surface area contributed by atoms with Crippen molar-refractivity contribution in [1.82, 2.24) is 25.1 Å². The first-order valence-electron chi connectivity index (χ1n) is 12.6. The van der Waals surface area contributed by atoms with Crippen molar-refractivity contribution < 1.29 is 0 Å². The molecule has 7 heteroatoms. The molecule has 4 atom stereocenters. The van der Waals surface area contributed by atoms with Gasteiger partial charge in [-0.3, -0.25) is 15.1 Å². The number of nitrogens with one attached hydrogen (secondary N) is 2. The van der Waals surface area contributed by atoms with Crippen LogP contribution in [0.25, 0.3) is 33.7 Å². The van der Waals surface area contributed by atoms with Crippen molar-refractivity contribution in [2.75, 3.05) is 5.32 Å². The number of rotatable bonds is 4. The van der Waals surface area contributed by atoms with Gasteiger partial charge in [0, 0.05) is 22.3 Å². The third kappa shape index (κ3) is 4.29. The lowest BCUT2D eigenvalue weighted by atomic mass is 9.59. The average molecular weight is 468 g/mol. The van der Waals surface area contributed by atoms with E-state index in [4.69, 9.17) is 15.7 Å². The van der Waals surface area contributed by atoms with Crippen molar-refractivity contribution in [2.24, 2.45) is 17.6 Å². The minimum absolute atomic E-state index is 0.0423. The Balaban J connectivity index is 1.31. The molecule has 7 nitrogen and oxygen atoms in total. The molecule has 0 saturated heterocycles. The normalized spacial score (nSPS) is 28.2. The van der Waals surface area contributed by atoms with Gasteiger partial charge in [-0.1, -0.05) is 13.0 Å². The van der Waals surface area contributed by atoms with E-state index in [1.165, 1.54) is 6.42 Å². The minimum atomic E-state index is -0.0699. The highest BCUT2D eigenvalue weighted by molar-refractivity contribution is 5.84. The van der Waals surface area contributed by atoms with Crippen LogP contribution in [0.3, 0.4) is 0 Å². The summed E-state index contributed by atoms with van der Waals surface area (Å²) >= 11 is 0. The monoisotopic (exact) mass is 467 g/mol. The van der Waals surface area contributed by atoms with Crippen LogP contribution >= 0.6 is 0 Å². The maximum atomic E-state index is 6.87. The molecular weight excluding hydrogens is 434 g/mol. The van der Waals surface area contributed by atoms with Crippen molar-refractivity contribution in [3.05, 3.63) is 54.5 Å². The molecule has 2 aliphatic carbocycles. The molecule has 4 heterocycles. The summed E-state index contributed by atoms with van der Waals surface area (Å²) in [5.74, 6) is 1.40. The fourth-order valence-corrected chi connectivity index (χ4v) is 6.90. The molecule has 0 amide bonds. The summed E-state index contributed by atoms with van der Waals surface area (Å²) < 4.78 is 0. The van der Waals surface area contributed by atoms with Crippen LogP contribution in [-0.4, -0.2) is 36.2 Å². The lowest BCUT2D eigenvalue weighted by Gasteiger charge is -2.53. The van der Waals surface area contributed by atoms with Crippen molar-refractivity contribution in [3.63, 3.8) is 0 Å². The molecule has 2 saturated carbocycles. The molecule has 0 aliphatic heterocycles. The van der Waals surface area contributed by atoms with Gasteiger partial charge in [0.1, 0.15) is 0 Å². The number of nitrogens with zero attached hydrogens (tertiary/aromatic N) is 4. The number of aromatic nitrogens is 5. The highest BCUT2D eigenvalue weighted by atomic mass is 15.1. The predicted molar refractivity (Wildman–Crippen MR) is 140 cm³/mol. The van der Waals surface area contributed by atoms with Gasteiger partial charge in [-0.2, -0.15) is 5.10 Å². The second-order valence-electron chi connectivity index (χ2n) is 11.3. The SMILES string of the molecule is Cc1cccc(-c2[nH]ncc2-c2ccc3ncc(N[C@]4(C)C[C@H]5C[C@@H](C)C[C@](N)(C5)C4)cc3n2)n1. The number of hydrogen-bond donors (Lipinski definition) is 3. The van der Waals surface area contributed by atoms with Crippen LogP contribution in [0.15, 0.2) is 48.8 Å². The minimum Gasteiger partial charge on any atom is -0.378 e. The highest BCUT2D eigenvalue weighted by Gasteiger charge is 2.47. The van der Waals surface area contributed by atoms with E-state index in [1.54, 1.807) is 0 Å². The molecule has 6 rings (SSSR count). The van der Waals surface area contributed by atoms with Gasteiger partial charge in [0.25, 0.3) is 0 Å². The Kier molecular flexibility index (Phi) is 5.14. The number of aryl methyl sites for hydroxylation is 1. The van der Waals surface area contributed by atoms with E-state index in [9.17, 15) is 0 Å². The van der Waals surface area contributed by atoms with Crippen LogP contribution in [0.2, 0.25) is 0 Å². The molecule has 2 fully saturated rings. The third-order valence-electron chi connectivity index (χ3n) is 7.71. The number of pyridine rings is 3. The van der Waals surface area contributed by atoms with Crippen molar-refractivity contribution in [1.29, 1.82) is 0 Å². The molecule has 4 aromatic rings. The van der Waals surface area contributed by atoms with E-state index in [0.29, 0.717) is 5.92 Å². The van der Waals surface area contributed by atoms with Crippen molar-refractivity contribution >= 4 is 16.7 Å². The summed E-state index contributed by atoms with van der Waals surface area (Å²) in [7, 11) is 0. The number of anilines is 1. The van der Waals surface area contributed by atoms with Crippen LogP contribution in [-0.2, 0) is 0 Å². The van der Waals surface area contributed by atoms with E-state index >= 15 is 0 Å². The van der Waals surface area contributed by atoms with E-state index in [2.05, 4.69) is 40.4 Å². The molecule has 0 aromatic carbocycles. The topological polar surface area (TPSA) is 105 Å². The highest BCUT2D eigenvalue weighted by Crippen LogP contribution is 2.48. The predicted octanol–water partition coefficient (Wildman–Crippen LogP) is 5.49. The van der Waals surface area contributed by atoms with Gasteiger partial charge < -0.3 is 11.1 Å². The molecule has 35 heavy (non-hydrogen) atoms. The molecule has 2 bridgehead atoms. The Morgan fingerprint density at radius 2 is 1.91 bits per heavy atom. The second kappa shape index (κ2) is 8.12. The summed E-state index contributed by atoms with van der Waals surface area (Å²) in [6, 6.07) is 12.1. The molecule has 4 N–H and O–H groups in total. The summed E-state index contributed by atoms with van der Waals surface area (Å²) in [5.41, 5.74) is 13.9. The Hall–Kier alpha value is -3.32. The molecule has 0 unspecified atom stereocenters. The molecule has 0 spiro atoms. The average Bonchev–Trinajstić information content (AvgIpc) is 3.26. The van der Waals surface area contributed by atoms with Crippen LogP contribution in [0.5, 0.6) is 0 Å². The smallest absolute Gasteiger partial charge is 0.0928 e. The van der Waals surface area contributed by atoms with Crippen LogP contribution in [0, 0.1) is 18.8 Å². The first-order valence-corrected chi connectivity index (χ1v) is 12.6. The summed E-state index contributed by atoms with van der Waals surface area (Å²) in [5, 5.41) is 11.2. The van der Waals surface area contributed by atoms with E-state index in [1.807, 2.05) is 49.6 Å². The van der Waals surface area contributed by atoms with Gasteiger partial charge in [0.05, 0.1) is 46.2 Å². The first-order chi connectivity index (χ1) is 16.8.